The van der Waals surface area contributed by atoms with Crippen LogP contribution in [-0.4, -0.2) is 21.6 Å². The highest BCUT2D eigenvalue weighted by atomic mass is 79.9. The molecule has 1 amide bonds. The Bertz CT molecular complexity index is 849. The number of nitrogens with one attached hydrogen (secondary N) is 1. The number of aromatic nitrogens is 2. The van der Waals surface area contributed by atoms with Gasteiger partial charge in [0, 0.05) is 9.86 Å². The molecule has 0 spiro atoms. The Labute approximate surface area is 153 Å². The van der Waals surface area contributed by atoms with Gasteiger partial charge in [-0.2, -0.15) is 0 Å². The number of thioether (sulfide) groups is 1. The van der Waals surface area contributed by atoms with Crippen molar-refractivity contribution in [2.24, 2.45) is 0 Å². The summed E-state index contributed by atoms with van der Waals surface area (Å²) in [6.45, 7) is 1.98. The van der Waals surface area contributed by atoms with Crippen LogP contribution in [0.25, 0.3) is 10.9 Å². The fourth-order valence-corrected chi connectivity index (χ4v) is 3.41. The van der Waals surface area contributed by atoms with Gasteiger partial charge in [0.15, 0.2) is 0 Å². The van der Waals surface area contributed by atoms with Crippen molar-refractivity contribution in [3.8, 4) is 0 Å². The summed E-state index contributed by atoms with van der Waals surface area (Å²) in [4.78, 5) is 20.7. The van der Waals surface area contributed by atoms with Gasteiger partial charge in [-0.1, -0.05) is 58.0 Å². The van der Waals surface area contributed by atoms with Gasteiger partial charge in [0.05, 0.1) is 17.3 Å². The Balaban J connectivity index is 1.62. The zero-order chi connectivity index (χ0) is 16.9. The Hall–Kier alpha value is -1.92. The maximum atomic E-state index is 12.2. The number of halogens is 1. The number of hydrogen-bond donors (Lipinski definition) is 1. The monoisotopic (exact) mass is 401 g/mol. The van der Waals surface area contributed by atoms with Gasteiger partial charge in [-0.25, -0.2) is 9.97 Å². The lowest BCUT2D eigenvalue weighted by Gasteiger charge is -2.14. The Morgan fingerprint density at radius 1 is 1.17 bits per heavy atom. The Morgan fingerprint density at radius 2 is 1.92 bits per heavy atom. The molecule has 0 aliphatic rings. The molecule has 0 saturated heterocycles. The van der Waals surface area contributed by atoms with E-state index in [1.807, 2.05) is 55.5 Å². The van der Waals surface area contributed by atoms with E-state index in [0.29, 0.717) is 5.75 Å². The highest BCUT2D eigenvalue weighted by molar-refractivity contribution is 9.10. The van der Waals surface area contributed by atoms with E-state index in [1.165, 1.54) is 18.1 Å². The third kappa shape index (κ3) is 4.13. The minimum Gasteiger partial charge on any atom is -0.349 e. The maximum Gasteiger partial charge on any atom is 0.230 e. The summed E-state index contributed by atoms with van der Waals surface area (Å²) in [5.74, 6) is 0.306. The number of rotatable bonds is 5. The quantitative estimate of drug-likeness (QED) is 0.509. The number of benzene rings is 2. The molecule has 0 aliphatic heterocycles. The first-order chi connectivity index (χ1) is 11.6. The van der Waals surface area contributed by atoms with Gasteiger partial charge >= 0.3 is 0 Å². The van der Waals surface area contributed by atoms with E-state index in [2.05, 4.69) is 31.2 Å². The predicted molar refractivity (Wildman–Crippen MR) is 101 cm³/mol. The van der Waals surface area contributed by atoms with Crippen LogP contribution in [0.3, 0.4) is 0 Å². The van der Waals surface area contributed by atoms with Crippen molar-refractivity contribution in [2.75, 3.05) is 5.75 Å². The molecule has 1 heterocycles. The topological polar surface area (TPSA) is 54.9 Å². The molecule has 3 rings (SSSR count). The van der Waals surface area contributed by atoms with Gasteiger partial charge in [-0.05, 0) is 30.7 Å². The fourth-order valence-electron chi connectivity index (χ4n) is 2.35. The van der Waals surface area contributed by atoms with Crippen molar-refractivity contribution in [1.82, 2.24) is 15.3 Å². The first-order valence-electron chi connectivity index (χ1n) is 7.51. The second kappa shape index (κ2) is 7.77. The fraction of sp³-hybridized carbons (Fsp3) is 0.167. The minimum absolute atomic E-state index is 0.0156. The van der Waals surface area contributed by atoms with Crippen LogP contribution in [0.2, 0.25) is 0 Å². The van der Waals surface area contributed by atoms with E-state index >= 15 is 0 Å². The lowest BCUT2D eigenvalue weighted by molar-refractivity contribution is -0.119. The molecule has 0 bridgehead atoms. The molecule has 1 atom stereocenters. The van der Waals surface area contributed by atoms with Crippen LogP contribution in [0.1, 0.15) is 18.5 Å². The smallest absolute Gasteiger partial charge is 0.230 e. The summed E-state index contributed by atoms with van der Waals surface area (Å²) in [6, 6.07) is 15.7. The molecule has 0 unspecified atom stereocenters. The third-order valence-corrected chi connectivity index (χ3v) is 5.13. The van der Waals surface area contributed by atoms with Gasteiger partial charge in [-0.3, -0.25) is 4.79 Å². The normalized spacial score (nSPS) is 12.1. The van der Waals surface area contributed by atoms with Crippen LogP contribution in [0.15, 0.2) is 64.4 Å². The van der Waals surface area contributed by atoms with Crippen LogP contribution >= 0.6 is 27.7 Å². The van der Waals surface area contributed by atoms with Gasteiger partial charge in [-0.15, -0.1) is 0 Å². The van der Waals surface area contributed by atoms with Gasteiger partial charge in [0.2, 0.25) is 5.91 Å². The molecular formula is C18H16BrN3OS. The zero-order valence-corrected chi connectivity index (χ0v) is 15.5. The van der Waals surface area contributed by atoms with E-state index in [-0.39, 0.29) is 11.9 Å². The third-order valence-electron chi connectivity index (χ3n) is 3.59. The van der Waals surface area contributed by atoms with E-state index in [0.717, 1.165) is 26.0 Å². The van der Waals surface area contributed by atoms with E-state index in [9.17, 15) is 4.79 Å². The standard InChI is InChI=1S/C18H16BrN3OS/c1-12(13-6-8-14(19)9-7-13)22-17(23)10-24-18-15-4-2-3-5-16(15)20-11-21-18/h2-9,11-12H,10H2,1H3,(H,22,23)/t12-/m0/s1. The predicted octanol–water partition coefficient (Wildman–Crippen LogP) is 4.36. The first kappa shape index (κ1) is 16.9. The molecule has 0 radical (unpaired) electrons. The molecule has 4 nitrogen and oxygen atoms in total. The summed E-state index contributed by atoms with van der Waals surface area (Å²) >= 11 is 4.84. The maximum absolute atomic E-state index is 12.2. The lowest BCUT2D eigenvalue weighted by atomic mass is 10.1. The highest BCUT2D eigenvalue weighted by Gasteiger charge is 2.11. The molecule has 1 aromatic heterocycles. The lowest BCUT2D eigenvalue weighted by Crippen LogP contribution is -2.28. The Kier molecular flexibility index (Phi) is 5.48. The molecule has 1 N–H and O–H groups in total. The average molecular weight is 402 g/mol. The van der Waals surface area contributed by atoms with Crippen molar-refractivity contribution < 1.29 is 4.79 Å². The summed E-state index contributed by atoms with van der Waals surface area (Å²) < 4.78 is 1.02. The summed E-state index contributed by atoms with van der Waals surface area (Å²) in [5.41, 5.74) is 1.96. The average Bonchev–Trinajstić information content (AvgIpc) is 2.60. The molecule has 3 aromatic rings. The molecule has 122 valence electrons. The summed E-state index contributed by atoms with van der Waals surface area (Å²) in [7, 11) is 0. The molecule has 0 fully saturated rings. The number of fused-ring (bicyclic) bond motifs is 1. The molecule has 0 saturated carbocycles. The van der Waals surface area contributed by atoms with Crippen LogP contribution in [0.5, 0.6) is 0 Å². The number of carbonyl (C=O) groups is 1. The first-order valence-corrected chi connectivity index (χ1v) is 9.29. The summed E-state index contributed by atoms with van der Waals surface area (Å²) in [6.07, 6.45) is 1.53. The second-order valence-electron chi connectivity index (χ2n) is 5.33. The SMILES string of the molecule is C[C@H](NC(=O)CSc1ncnc2ccccc12)c1ccc(Br)cc1. The van der Waals surface area contributed by atoms with E-state index < -0.39 is 0 Å². The van der Waals surface area contributed by atoms with Crippen LogP contribution in [0, 0.1) is 0 Å². The highest BCUT2D eigenvalue weighted by Crippen LogP contribution is 2.24. The Morgan fingerprint density at radius 3 is 2.71 bits per heavy atom. The van der Waals surface area contributed by atoms with Crippen molar-refractivity contribution in [3.05, 3.63) is 64.9 Å². The number of nitrogens with zero attached hydrogens (tertiary/aromatic N) is 2. The second-order valence-corrected chi connectivity index (χ2v) is 7.21. The van der Waals surface area contributed by atoms with Crippen LogP contribution < -0.4 is 5.32 Å². The van der Waals surface area contributed by atoms with Crippen molar-refractivity contribution >= 4 is 44.5 Å². The molecular weight excluding hydrogens is 386 g/mol. The van der Waals surface area contributed by atoms with Gasteiger partial charge < -0.3 is 5.32 Å². The zero-order valence-electron chi connectivity index (χ0n) is 13.1. The van der Waals surface area contributed by atoms with Crippen LogP contribution in [0.4, 0.5) is 0 Å². The number of hydrogen-bond acceptors (Lipinski definition) is 4. The number of para-hydroxylation sites is 1. The van der Waals surface area contributed by atoms with Crippen molar-refractivity contribution in [2.45, 2.75) is 18.0 Å². The summed E-state index contributed by atoms with van der Waals surface area (Å²) in [5, 5.41) is 4.81. The van der Waals surface area contributed by atoms with E-state index in [4.69, 9.17) is 0 Å². The van der Waals surface area contributed by atoms with Crippen molar-refractivity contribution in [1.29, 1.82) is 0 Å². The van der Waals surface area contributed by atoms with Crippen molar-refractivity contribution in [3.63, 3.8) is 0 Å². The van der Waals surface area contributed by atoms with E-state index in [1.54, 1.807) is 0 Å². The minimum atomic E-state index is -0.0339. The molecule has 24 heavy (non-hydrogen) atoms. The largest absolute Gasteiger partial charge is 0.349 e. The molecule has 2 aromatic carbocycles. The van der Waals surface area contributed by atoms with Crippen LogP contribution in [-0.2, 0) is 4.79 Å². The number of carbonyl (C=O) groups excluding carboxylic acids is 1. The van der Waals surface area contributed by atoms with Gasteiger partial charge in [0.25, 0.3) is 0 Å². The number of amides is 1. The van der Waals surface area contributed by atoms with Gasteiger partial charge in [0.1, 0.15) is 11.4 Å². The molecule has 0 aliphatic carbocycles. The molecule has 6 heteroatoms.